The third-order valence-corrected chi connectivity index (χ3v) is 4.65. The van der Waals surface area contributed by atoms with Gasteiger partial charge in [0.15, 0.2) is 0 Å². The fourth-order valence-electron chi connectivity index (χ4n) is 3.08. The average molecular weight is 360 g/mol. The standard InChI is InChI=1S/C21H24N6/c1-14(11-18(22-2)16-5-6-16)26-20-8-10-24-21(27-20)25-13-15-3-4-17-7-9-23-19(17)12-15/h3-4,7-12,16,22-23H,1,5-6,13H2,2H3,(H2,24,25,26,27)/b18-11-. The molecule has 1 aliphatic carbocycles. The van der Waals surface area contributed by atoms with Crippen LogP contribution in [0.1, 0.15) is 18.4 Å². The Hall–Kier alpha value is -3.28. The highest BCUT2D eigenvalue weighted by molar-refractivity contribution is 5.79. The number of anilines is 2. The molecule has 0 amide bonds. The van der Waals surface area contributed by atoms with Crippen LogP contribution in [0.3, 0.4) is 0 Å². The first-order valence-electron chi connectivity index (χ1n) is 9.19. The highest BCUT2D eigenvalue weighted by atomic mass is 15.1. The smallest absolute Gasteiger partial charge is 0.224 e. The van der Waals surface area contributed by atoms with Crippen LogP contribution >= 0.6 is 0 Å². The lowest BCUT2D eigenvalue weighted by Crippen LogP contribution is -2.10. The molecular formula is C21H24N6. The van der Waals surface area contributed by atoms with Gasteiger partial charge in [-0.05, 0) is 54.0 Å². The molecule has 0 aliphatic heterocycles. The molecular weight excluding hydrogens is 336 g/mol. The van der Waals surface area contributed by atoms with Crippen molar-refractivity contribution in [3.8, 4) is 0 Å². The second-order valence-electron chi connectivity index (χ2n) is 6.79. The van der Waals surface area contributed by atoms with Crippen molar-refractivity contribution in [3.05, 3.63) is 72.3 Å². The van der Waals surface area contributed by atoms with E-state index in [-0.39, 0.29) is 0 Å². The van der Waals surface area contributed by atoms with E-state index in [2.05, 4.69) is 67.8 Å². The van der Waals surface area contributed by atoms with Crippen LogP contribution in [0.25, 0.3) is 10.9 Å². The molecule has 6 heteroatoms. The molecule has 2 heterocycles. The number of benzene rings is 1. The van der Waals surface area contributed by atoms with Crippen LogP contribution in [-0.2, 0) is 6.54 Å². The van der Waals surface area contributed by atoms with Crippen molar-refractivity contribution >= 4 is 22.7 Å². The average Bonchev–Trinajstić information content (AvgIpc) is 3.41. The number of aromatic nitrogens is 3. The van der Waals surface area contributed by atoms with Crippen molar-refractivity contribution in [2.45, 2.75) is 19.4 Å². The molecule has 0 bridgehead atoms. The van der Waals surface area contributed by atoms with Gasteiger partial charge in [-0.25, -0.2) is 4.98 Å². The van der Waals surface area contributed by atoms with E-state index in [1.807, 2.05) is 19.3 Å². The summed E-state index contributed by atoms with van der Waals surface area (Å²) in [5.74, 6) is 1.95. The molecule has 1 aliphatic rings. The minimum absolute atomic E-state index is 0.583. The molecule has 3 aromatic rings. The van der Waals surface area contributed by atoms with Gasteiger partial charge in [0.05, 0.1) is 0 Å². The first-order valence-corrected chi connectivity index (χ1v) is 9.19. The molecule has 0 saturated heterocycles. The molecule has 1 aromatic carbocycles. The molecule has 1 fully saturated rings. The Labute approximate surface area is 158 Å². The zero-order chi connectivity index (χ0) is 18.6. The van der Waals surface area contributed by atoms with Crippen LogP contribution in [0.5, 0.6) is 0 Å². The van der Waals surface area contributed by atoms with Crippen molar-refractivity contribution in [1.29, 1.82) is 0 Å². The van der Waals surface area contributed by atoms with E-state index in [1.54, 1.807) is 6.20 Å². The van der Waals surface area contributed by atoms with Gasteiger partial charge in [-0.15, -0.1) is 0 Å². The highest BCUT2D eigenvalue weighted by Crippen LogP contribution is 2.35. The maximum absolute atomic E-state index is 4.52. The summed E-state index contributed by atoms with van der Waals surface area (Å²) in [5, 5.41) is 11.0. The number of hydrogen-bond donors (Lipinski definition) is 4. The minimum Gasteiger partial charge on any atom is -0.391 e. The second kappa shape index (κ2) is 7.53. The first kappa shape index (κ1) is 17.1. The number of nitrogens with one attached hydrogen (secondary N) is 4. The lowest BCUT2D eigenvalue weighted by Gasteiger charge is -2.10. The normalized spacial score (nSPS) is 14.2. The van der Waals surface area contributed by atoms with Crippen molar-refractivity contribution in [3.63, 3.8) is 0 Å². The van der Waals surface area contributed by atoms with Crippen LogP contribution in [0.2, 0.25) is 0 Å². The summed E-state index contributed by atoms with van der Waals surface area (Å²) in [4.78, 5) is 12.1. The molecule has 4 N–H and O–H groups in total. The topological polar surface area (TPSA) is 77.7 Å². The monoisotopic (exact) mass is 360 g/mol. The summed E-state index contributed by atoms with van der Waals surface area (Å²) in [6, 6.07) is 10.3. The summed E-state index contributed by atoms with van der Waals surface area (Å²) >= 11 is 0. The summed E-state index contributed by atoms with van der Waals surface area (Å²) < 4.78 is 0. The molecule has 27 heavy (non-hydrogen) atoms. The van der Waals surface area contributed by atoms with E-state index in [0.717, 1.165) is 17.0 Å². The largest absolute Gasteiger partial charge is 0.391 e. The van der Waals surface area contributed by atoms with Gasteiger partial charge in [-0.3, -0.25) is 0 Å². The summed E-state index contributed by atoms with van der Waals surface area (Å²) in [5.41, 5.74) is 4.33. The Bertz CT molecular complexity index is 983. The van der Waals surface area contributed by atoms with Crippen molar-refractivity contribution < 1.29 is 0 Å². The lowest BCUT2D eigenvalue weighted by atomic mass is 10.1. The number of nitrogens with zero attached hydrogens (tertiary/aromatic N) is 2. The molecule has 0 atom stereocenters. The Morgan fingerprint density at radius 2 is 2.19 bits per heavy atom. The Kier molecular flexibility index (Phi) is 4.78. The number of fused-ring (bicyclic) bond motifs is 1. The van der Waals surface area contributed by atoms with Crippen molar-refractivity contribution in [2.24, 2.45) is 5.92 Å². The second-order valence-corrected chi connectivity index (χ2v) is 6.79. The summed E-state index contributed by atoms with van der Waals surface area (Å²) in [6.45, 7) is 4.74. The fourth-order valence-corrected chi connectivity index (χ4v) is 3.08. The maximum atomic E-state index is 4.52. The number of H-pyrrole nitrogens is 1. The Morgan fingerprint density at radius 3 is 3.00 bits per heavy atom. The van der Waals surface area contributed by atoms with Gasteiger partial charge in [-0.1, -0.05) is 18.7 Å². The molecule has 4 rings (SSSR count). The predicted molar refractivity (Wildman–Crippen MR) is 110 cm³/mol. The summed E-state index contributed by atoms with van der Waals surface area (Å²) in [6.07, 6.45) is 8.23. The number of rotatable bonds is 8. The first-order chi connectivity index (χ1) is 13.2. The fraction of sp³-hybridized carbons (Fsp3) is 0.238. The van der Waals surface area contributed by atoms with Crippen LogP contribution in [0.4, 0.5) is 11.8 Å². The van der Waals surface area contributed by atoms with Gasteiger partial charge in [0, 0.05) is 42.9 Å². The van der Waals surface area contributed by atoms with Crippen LogP contribution in [0, 0.1) is 5.92 Å². The van der Waals surface area contributed by atoms with Gasteiger partial charge in [-0.2, -0.15) is 4.98 Å². The van der Waals surface area contributed by atoms with Crippen molar-refractivity contribution in [2.75, 3.05) is 17.7 Å². The Balaban J connectivity index is 1.38. The van der Waals surface area contributed by atoms with Crippen LogP contribution in [0.15, 0.2) is 66.8 Å². The summed E-state index contributed by atoms with van der Waals surface area (Å²) in [7, 11) is 1.95. The molecule has 0 spiro atoms. The molecule has 0 radical (unpaired) electrons. The molecule has 1 saturated carbocycles. The van der Waals surface area contributed by atoms with Gasteiger partial charge in [0.2, 0.25) is 5.95 Å². The maximum Gasteiger partial charge on any atom is 0.224 e. The van der Waals surface area contributed by atoms with Gasteiger partial charge >= 0.3 is 0 Å². The van der Waals surface area contributed by atoms with E-state index < -0.39 is 0 Å². The zero-order valence-electron chi connectivity index (χ0n) is 15.4. The minimum atomic E-state index is 0.583. The molecule has 6 nitrogen and oxygen atoms in total. The van der Waals surface area contributed by atoms with E-state index >= 15 is 0 Å². The van der Waals surface area contributed by atoms with E-state index in [1.165, 1.54) is 29.5 Å². The highest BCUT2D eigenvalue weighted by Gasteiger charge is 2.25. The SMILES string of the molecule is C=C(/C=C(\NC)C1CC1)Nc1ccnc(NCc2ccc3cc[nH]c3c2)n1. The van der Waals surface area contributed by atoms with Gasteiger partial charge in [0.25, 0.3) is 0 Å². The van der Waals surface area contributed by atoms with Gasteiger partial charge in [0.1, 0.15) is 5.82 Å². The van der Waals surface area contributed by atoms with E-state index in [0.29, 0.717) is 18.4 Å². The zero-order valence-corrected chi connectivity index (χ0v) is 15.4. The number of aromatic amines is 1. The number of hydrogen-bond acceptors (Lipinski definition) is 5. The third kappa shape index (κ3) is 4.28. The van der Waals surface area contributed by atoms with Crippen LogP contribution < -0.4 is 16.0 Å². The molecule has 2 aromatic heterocycles. The Morgan fingerprint density at radius 1 is 1.30 bits per heavy atom. The van der Waals surface area contributed by atoms with Gasteiger partial charge < -0.3 is 20.9 Å². The molecule has 138 valence electrons. The number of allylic oxidation sites excluding steroid dienone is 2. The van der Waals surface area contributed by atoms with Crippen molar-refractivity contribution in [1.82, 2.24) is 20.3 Å². The van der Waals surface area contributed by atoms with E-state index in [9.17, 15) is 0 Å². The van der Waals surface area contributed by atoms with Crippen LogP contribution in [-0.4, -0.2) is 22.0 Å². The van der Waals surface area contributed by atoms with E-state index in [4.69, 9.17) is 0 Å². The third-order valence-electron chi connectivity index (χ3n) is 4.65. The quantitative estimate of drug-likeness (QED) is 0.457. The molecule has 0 unspecified atom stereocenters. The predicted octanol–water partition coefficient (Wildman–Crippen LogP) is 4.01. The lowest BCUT2D eigenvalue weighted by molar-refractivity contribution is 0.845.